The maximum Gasteiger partial charge on any atom is 0.240 e. The topological polar surface area (TPSA) is 235 Å². The molecule has 8 aromatic rings. The Morgan fingerprint density at radius 3 is 1.26 bits per heavy atom. The van der Waals surface area contributed by atoms with Crippen LogP contribution in [0.15, 0.2) is 134 Å². The van der Waals surface area contributed by atoms with E-state index in [0.29, 0.717) is 82.7 Å². The molecule has 2 aliphatic carbocycles. The molecule has 2 heterocycles. The third kappa shape index (κ3) is 16.3. The van der Waals surface area contributed by atoms with Gasteiger partial charge in [-0.05, 0) is 149 Å². The molecule has 2 fully saturated rings. The molecule has 19 nitrogen and oxygen atoms in total. The highest BCUT2D eigenvalue weighted by molar-refractivity contribution is 6.18. The molecule has 2 saturated carbocycles. The van der Waals surface area contributed by atoms with Gasteiger partial charge < -0.3 is 65.0 Å². The minimum absolute atomic E-state index is 0.0656. The van der Waals surface area contributed by atoms with Crippen molar-refractivity contribution < 1.29 is 70.6 Å². The second-order valence-electron chi connectivity index (χ2n) is 20.8. The zero-order valence-corrected chi connectivity index (χ0v) is 50.1. The minimum Gasteiger partial charge on any atom is -0.504 e. The molecule has 0 saturated heterocycles. The number of carbonyl (C=O) groups is 4. The highest BCUT2D eigenvalue weighted by atomic mass is 19.1. The number of aromatic hydroxyl groups is 1. The third-order valence-electron chi connectivity index (χ3n) is 15.1. The van der Waals surface area contributed by atoms with Crippen molar-refractivity contribution in [3.05, 3.63) is 157 Å². The highest BCUT2D eigenvalue weighted by Crippen LogP contribution is 2.49. The van der Waals surface area contributed by atoms with Gasteiger partial charge in [-0.15, -0.1) is 0 Å². The Kier molecular flexibility index (Phi) is 22.0. The van der Waals surface area contributed by atoms with Crippen LogP contribution >= 0.6 is 0 Å². The molecule has 6 aromatic carbocycles. The number of aliphatic hydroxyl groups is 1. The molecule has 10 rings (SSSR count). The van der Waals surface area contributed by atoms with E-state index in [4.69, 9.17) is 28.8 Å². The average Bonchev–Trinajstić information content (AvgIpc) is 2.03. The molecule has 468 valence electrons. The van der Waals surface area contributed by atoms with Crippen molar-refractivity contribution in [2.75, 3.05) is 88.0 Å². The average molecular weight is 1230 g/mol. The van der Waals surface area contributed by atoms with Crippen molar-refractivity contribution in [3.63, 3.8) is 0 Å². The molecule has 0 bridgehead atoms. The molecular weight excluding hydrogens is 1160 g/mol. The number of hydrogen-bond acceptors (Lipinski definition) is 15. The van der Waals surface area contributed by atoms with Gasteiger partial charge in [-0.2, -0.15) is 0 Å². The van der Waals surface area contributed by atoms with E-state index in [1.807, 2.05) is 0 Å². The number of nitrogens with zero attached hydrogens (tertiary/aromatic N) is 4. The summed E-state index contributed by atoms with van der Waals surface area (Å²) in [5.41, 5.74) is -0.468. The largest absolute Gasteiger partial charge is 0.504 e. The number of hydrogen-bond donors (Lipinski definition) is 6. The standard InChI is InChI=1S/C33H34F2N4O5.C27H21F2N3O5.C6H15NO/c1-4-39(5-2)16-17-43-30-20-26-24(19-29(30)42-3)27(12-15-36-26)44-28-11-10-23(18-25(28)35)38-32(41)33(13-14-33)31(40)37-22-8-6-21(34)7-9-22;1-36-24-13-18-20(14-21(24)33)30-11-8-22(18)37-23-7-6-17(12-19(23)29)32-26(35)27(9-10-27)25(34)31-16-4-2-15(28)3-5-16;1-3-7(4-2)5-6-8/h6-12,15,18-20H,4-5,13-14,16-17H2,1-3H3,(H,37,40)(H,38,41);2-8,11-14,33H,9-10H2,1H3,(H,31,34)(H,32,35);8H,3-6H2,1-2H3. The number of amides is 4. The van der Waals surface area contributed by atoms with Gasteiger partial charge in [0.05, 0.1) is 31.9 Å². The van der Waals surface area contributed by atoms with Crippen LogP contribution in [0.3, 0.4) is 0 Å². The Morgan fingerprint density at radius 1 is 0.483 bits per heavy atom. The van der Waals surface area contributed by atoms with E-state index in [2.05, 4.69) is 68.7 Å². The number of likely N-dealkylation sites (N-methyl/N-ethyl adjacent to an activating group) is 2. The summed E-state index contributed by atoms with van der Waals surface area (Å²) < 4.78 is 84.8. The van der Waals surface area contributed by atoms with Crippen molar-refractivity contribution in [1.29, 1.82) is 0 Å². The maximum atomic E-state index is 15.2. The van der Waals surface area contributed by atoms with Crippen LogP contribution in [0.1, 0.15) is 53.4 Å². The van der Waals surface area contributed by atoms with Gasteiger partial charge in [0, 0.05) is 83.3 Å². The zero-order chi connectivity index (χ0) is 63.8. The van der Waals surface area contributed by atoms with Crippen molar-refractivity contribution >= 4 is 68.2 Å². The number of ether oxygens (including phenoxy) is 5. The normalized spacial score (nSPS) is 13.2. The SMILES string of the molecule is CCN(CC)CCO.CCN(CC)CCOc1cc2nccc(Oc3ccc(NC(=O)C4(C(=O)Nc5ccc(F)cc5)CC4)cc3F)c2cc1OC.COc1cc2c(Oc3ccc(NC(=O)C4(C(=O)Nc5ccc(F)cc5)CC4)cc3F)ccnc2cc1O. The monoisotopic (exact) mass is 1230 g/mol. The van der Waals surface area contributed by atoms with Crippen LogP contribution in [0.4, 0.5) is 40.3 Å². The van der Waals surface area contributed by atoms with Crippen LogP contribution in [0, 0.1) is 34.1 Å². The first kappa shape index (κ1) is 65.4. The summed E-state index contributed by atoms with van der Waals surface area (Å²) in [7, 11) is 2.95. The van der Waals surface area contributed by atoms with Gasteiger partial charge in [-0.25, -0.2) is 17.6 Å². The number of halogens is 4. The van der Waals surface area contributed by atoms with Gasteiger partial charge in [-0.3, -0.25) is 29.1 Å². The van der Waals surface area contributed by atoms with Crippen LogP contribution in [0.2, 0.25) is 0 Å². The van der Waals surface area contributed by atoms with Gasteiger partial charge in [0.25, 0.3) is 0 Å². The number of aromatic nitrogens is 2. The molecule has 0 spiro atoms. The molecule has 0 radical (unpaired) electrons. The lowest BCUT2D eigenvalue weighted by Gasteiger charge is -2.19. The highest BCUT2D eigenvalue weighted by Gasteiger charge is 2.57. The van der Waals surface area contributed by atoms with E-state index in [1.54, 1.807) is 37.6 Å². The van der Waals surface area contributed by atoms with Crippen LogP contribution in [-0.2, 0) is 19.2 Å². The van der Waals surface area contributed by atoms with Gasteiger partial charge in [0.1, 0.15) is 40.6 Å². The van der Waals surface area contributed by atoms with E-state index < -0.39 is 57.7 Å². The van der Waals surface area contributed by atoms with Crippen LogP contribution in [-0.4, -0.2) is 120 Å². The number of benzene rings is 6. The second-order valence-corrected chi connectivity index (χ2v) is 20.8. The smallest absolute Gasteiger partial charge is 0.240 e. The lowest BCUT2D eigenvalue weighted by molar-refractivity contribution is -0.132. The summed E-state index contributed by atoms with van der Waals surface area (Å²) in [6, 6.07) is 28.0. The number of nitrogens with one attached hydrogen (secondary N) is 4. The molecule has 6 N–H and O–H groups in total. The minimum atomic E-state index is -1.28. The number of methoxy groups -OCH3 is 2. The summed E-state index contributed by atoms with van der Waals surface area (Å²) in [4.78, 5) is 64.5. The van der Waals surface area contributed by atoms with Crippen molar-refractivity contribution in [1.82, 2.24) is 19.8 Å². The van der Waals surface area contributed by atoms with Crippen molar-refractivity contribution in [2.45, 2.75) is 53.4 Å². The summed E-state index contributed by atoms with van der Waals surface area (Å²) >= 11 is 0. The number of phenolic OH excluding ortho intramolecular Hbond substituents is 1. The Balaban J connectivity index is 0.000000207. The molecule has 0 aliphatic heterocycles. The van der Waals surface area contributed by atoms with Gasteiger partial charge in [-0.1, -0.05) is 27.7 Å². The van der Waals surface area contributed by atoms with Gasteiger partial charge in [0.15, 0.2) is 46.1 Å². The fraction of sp³-hybridized carbons (Fsp3) is 0.303. The molecule has 0 atom stereocenters. The summed E-state index contributed by atoms with van der Waals surface area (Å²) in [5.74, 6) is -2.83. The fourth-order valence-corrected chi connectivity index (χ4v) is 9.38. The zero-order valence-electron chi connectivity index (χ0n) is 50.1. The number of phenols is 1. The lowest BCUT2D eigenvalue weighted by atomic mass is 10.0. The molecule has 4 amide bonds. The Bertz CT molecular complexity index is 3790. The Labute approximate surface area is 511 Å². The van der Waals surface area contributed by atoms with E-state index in [-0.39, 0.29) is 46.7 Å². The first-order valence-electron chi connectivity index (χ1n) is 28.9. The first-order chi connectivity index (χ1) is 42.9. The summed E-state index contributed by atoms with van der Waals surface area (Å²) in [6.45, 7) is 14.7. The number of anilines is 4. The lowest BCUT2D eigenvalue weighted by Crippen LogP contribution is -2.35. The van der Waals surface area contributed by atoms with Crippen LogP contribution in [0.5, 0.6) is 46.0 Å². The number of aliphatic hydroxyl groups excluding tert-OH is 1. The Morgan fingerprint density at radius 2 is 0.876 bits per heavy atom. The number of pyridine rings is 2. The van der Waals surface area contributed by atoms with E-state index in [0.717, 1.165) is 51.4 Å². The van der Waals surface area contributed by atoms with E-state index in [9.17, 15) is 37.5 Å². The molecular formula is C66H70F4N8O11. The van der Waals surface area contributed by atoms with Crippen molar-refractivity contribution in [2.24, 2.45) is 10.8 Å². The quantitative estimate of drug-likeness (QED) is 0.0244. The summed E-state index contributed by atoms with van der Waals surface area (Å²) in [5, 5.41) is 30.0. The third-order valence-corrected chi connectivity index (χ3v) is 15.1. The number of carbonyl (C=O) groups excluding carboxylic acids is 4. The predicted molar refractivity (Wildman–Crippen MR) is 330 cm³/mol. The van der Waals surface area contributed by atoms with E-state index >= 15 is 4.39 Å². The van der Waals surface area contributed by atoms with Crippen molar-refractivity contribution in [3.8, 4) is 46.0 Å². The van der Waals surface area contributed by atoms with E-state index in [1.165, 1.54) is 98.2 Å². The second kappa shape index (κ2) is 29.9. The number of fused-ring (bicyclic) bond motifs is 2. The molecule has 89 heavy (non-hydrogen) atoms. The molecule has 2 aliphatic rings. The predicted octanol–water partition coefficient (Wildman–Crippen LogP) is 12.1. The van der Waals surface area contributed by atoms with Gasteiger partial charge >= 0.3 is 0 Å². The van der Waals surface area contributed by atoms with Crippen LogP contribution in [0.25, 0.3) is 21.8 Å². The van der Waals surface area contributed by atoms with Crippen LogP contribution < -0.4 is 45.0 Å². The number of rotatable bonds is 24. The first-order valence-corrected chi connectivity index (χ1v) is 28.9. The molecule has 2 aromatic heterocycles. The molecule has 23 heteroatoms. The maximum absolute atomic E-state index is 15.2. The summed E-state index contributed by atoms with van der Waals surface area (Å²) in [6.07, 6.45) is 4.38. The van der Waals surface area contributed by atoms with Gasteiger partial charge in [0.2, 0.25) is 23.6 Å². The Hall–Kier alpha value is -9.58. The fourth-order valence-electron chi connectivity index (χ4n) is 9.38. The molecule has 0 unspecified atom stereocenters.